The summed E-state index contributed by atoms with van der Waals surface area (Å²) in [6.45, 7) is 1.76. The molecule has 0 aliphatic carbocycles. The van der Waals surface area contributed by atoms with E-state index in [1.54, 1.807) is 0 Å². The van der Waals surface area contributed by atoms with Crippen LogP contribution in [0.15, 0.2) is 16.6 Å². The minimum absolute atomic E-state index is 0. The molecule has 0 amide bonds. The van der Waals surface area contributed by atoms with Crippen LogP contribution in [0, 0.1) is 5.82 Å². The molecule has 1 N–H and O–H groups in total. The van der Waals surface area contributed by atoms with Crippen molar-refractivity contribution in [3.8, 4) is 0 Å². The minimum Gasteiger partial charge on any atom is -0.312 e. The van der Waals surface area contributed by atoms with Crippen molar-refractivity contribution in [3.05, 3.63) is 33.5 Å². The Morgan fingerprint density at radius 2 is 2.15 bits per heavy atom. The molecule has 0 radical (unpaired) electrons. The zero-order valence-electron chi connectivity index (χ0n) is 6.94. The predicted molar refractivity (Wildman–Crippen MR) is 56.8 cm³/mol. The summed E-state index contributed by atoms with van der Waals surface area (Å²) in [6.07, 6.45) is 0.994. The third-order valence-electron chi connectivity index (χ3n) is 2.17. The van der Waals surface area contributed by atoms with E-state index in [0.717, 1.165) is 25.1 Å². The second kappa shape index (κ2) is 4.40. The maximum atomic E-state index is 13.0. The topological polar surface area (TPSA) is 12.0 Å². The summed E-state index contributed by atoms with van der Waals surface area (Å²) >= 11 is 3.25. The molecule has 0 unspecified atom stereocenters. The molecule has 1 aliphatic heterocycles. The van der Waals surface area contributed by atoms with Crippen molar-refractivity contribution in [1.82, 2.24) is 5.32 Å². The van der Waals surface area contributed by atoms with Gasteiger partial charge < -0.3 is 5.32 Å². The highest BCUT2D eigenvalue weighted by atomic mass is 79.9. The van der Waals surface area contributed by atoms with Crippen molar-refractivity contribution in [3.63, 3.8) is 0 Å². The average Bonchev–Trinajstić information content (AvgIpc) is 2.12. The van der Waals surface area contributed by atoms with Crippen molar-refractivity contribution in [2.45, 2.75) is 13.0 Å². The molecule has 1 aliphatic rings. The minimum atomic E-state index is -0.169. The standard InChI is InChI=1S/C9H9BrFN.ClH/c10-9-7-5-12-4-3-6(7)1-2-8(9)11;/h1-2,12H,3-5H2;1H. The molecule has 1 aromatic carbocycles. The Hall–Kier alpha value is -0.120. The fourth-order valence-electron chi connectivity index (χ4n) is 1.49. The third kappa shape index (κ3) is 2.03. The largest absolute Gasteiger partial charge is 0.312 e. The zero-order valence-corrected chi connectivity index (χ0v) is 9.34. The van der Waals surface area contributed by atoms with Gasteiger partial charge in [0, 0.05) is 6.54 Å². The van der Waals surface area contributed by atoms with E-state index in [4.69, 9.17) is 0 Å². The number of nitrogens with one attached hydrogen (secondary N) is 1. The van der Waals surface area contributed by atoms with Crippen LogP contribution in [0.3, 0.4) is 0 Å². The summed E-state index contributed by atoms with van der Waals surface area (Å²) in [6, 6.07) is 3.39. The normalized spacial score (nSPS) is 14.6. The number of benzene rings is 1. The zero-order chi connectivity index (χ0) is 8.55. The Morgan fingerprint density at radius 3 is 2.92 bits per heavy atom. The first-order valence-electron chi connectivity index (χ1n) is 3.95. The molecule has 0 saturated carbocycles. The smallest absolute Gasteiger partial charge is 0.137 e. The SMILES string of the molecule is Cl.Fc1ccc2c(c1Br)CNCC2. The molecule has 4 heteroatoms. The van der Waals surface area contributed by atoms with Crippen molar-refractivity contribution in [1.29, 1.82) is 0 Å². The van der Waals surface area contributed by atoms with Crippen LogP contribution in [-0.2, 0) is 13.0 Å². The summed E-state index contributed by atoms with van der Waals surface area (Å²) in [5, 5.41) is 3.21. The molecule has 0 spiro atoms. The van der Waals surface area contributed by atoms with Gasteiger partial charge in [0.15, 0.2) is 0 Å². The highest BCUT2D eigenvalue weighted by Gasteiger charge is 2.13. The lowest BCUT2D eigenvalue weighted by Crippen LogP contribution is -2.24. The van der Waals surface area contributed by atoms with Gasteiger partial charge in [0.2, 0.25) is 0 Å². The van der Waals surface area contributed by atoms with Gasteiger partial charge in [-0.05, 0) is 46.1 Å². The lowest BCUT2D eigenvalue weighted by molar-refractivity contribution is 0.596. The molecular formula is C9H10BrClFN. The van der Waals surface area contributed by atoms with Gasteiger partial charge in [0.05, 0.1) is 4.47 Å². The van der Waals surface area contributed by atoms with E-state index in [2.05, 4.69) is 21.2 Å². The Morgan fingerprint density at radius 1 is 1.38 bits per heavy atom. The summed E-state index contributed by atoms with van der Waals surface area (Å²) in [7, 11) is 0. The van der Waals surface area contributed by atoms with Crippen LogP contribution >= 0.6 is 28.3 Å². The highest BCUT2D eigenvalue weighted by molar-refractivity contribution is 9.10. The fourth-order valence-corrected chi connectivity index (χ4v) is 2.02. The van der Waals surface area contributed by atoms with Gasteiger partial charge in [-0.25, -0.2) is 4.39 Å². The van der Waals surface area contributed by atoms with Gasteiger partial charge in [-0.15, -0.1) is 12.4 Å². The number of halogens is 3. The van der Waals surface area contributed by atoms with E-state index in [9.17, 15) is 4.39 Å². The van der Waals surface area contributed by atoms with E-state index in [1.165, 1.54) is 11.6 Å². The predicted octanol–water partition coefficient (Wildman–Crippen LogP) is 2.66. The first-order valence-corrected chi connectivity index (χ1v) is 4.75. The van der Waals surface area contributed by atoms with E-state index in [0.29, 0.717) is 4.47 Å². The van der Waals surface area contributed by atoms with Gasteiger partial charge >= 0.3 is 0 Å². The Balaban J connectivity index is 0.000000845. The molecule has 0 atom stereocenters. The maximum absolute atomic E-state index is 13.0. The van der Waals surface area contributed by atoms with E-state index >= 15 is 0 Å². The molecule has 0 aromatic heterocycles. The summed E-state index contributed by atoms with van der Waals surface area (Å²) in [5.41, 5.74) is 2.32. The first-order chi connectivity index (χ1) is 5.79. The van der Waals surface area contributed by atoms with Crippen LogP contribution in [-0.4, -0.2) is 6.54 Å². The second-order valence-corrected chi connectivity index (χ2v) is 3.72. The Labute approximate surface area is 91.3 Å². The molecule has 13 heavy (non-hydrogen) atoms. The quantitative estimate of drug-likeness (QED) is 0.761. The van der Waals surface area contributed by atoms with Crippen LogP contribution < -0.4 is 5.32 Å². The first kappa shape index (κ1) is 11.0. The summed E-state index contributed by atoms with van der Waals surface area (Å²) in [4.78, 5) is 0. The van der Waals surface area contributed by atoms with Gasteiger partial charge in [0.25, 0.3) is 0 Å². The van der Waals surface area contributed by atoms with Gasteiger partial charge in [-0.1, -0.05) is 6.07 Å². The average molecular weight is 267 g/mol. The molecule has 0 saturated heterocycles. The van der Waals surface area contributed by atoms with Crippen molar-refractivity contribution < 1.29 is 4.39 Å². The van der Waals surface area contributed by atoms with Crippen molar-refractivity contribution in [2.75, 3.05) is 6.54 Å². The van der Waals surface area contributed by atoms with E-state index in [-0.39, 0.29) is 18.2 Å². The van der Waals surface area contributed by atoms with Gasteiger partial charge in [-0.3, -0.25) is 0 Å². The van der Waals surface area contributed by atoms with E-state index < -0.39 is 0 Å². The molecule has 1 aromatic rings. The van der Waals surface area contributed by atoms with Crippen LogP contribution in [0.25, 0.3) is 0 Å². The monoisotopic (exact) mass is 265 g/mol. The molecular weight excluding hydrogens is 256 g/mol. The molecule has 0 fully saturated rings. The molecule has 1 nitrogen and oxygen atoms in total. The van der Waals surface area contributed by atoms with Crippen LogP contribution in [0.5, 0.6) is 0 Å². The van der Waals surface area contributed by atoms with E-state index in [1.807, 2.05) is 6.07 Å². The van der Waals surface area contributed by atoms with Gasteiger partial charge in [0.1, 0.15) is 5.82 Å². The maximum Gasteiger partial charge on any atom is 0.137 e. The number of hydrogen-bond acceptors (Lipinski definition) is 1. The third-order valence-corrected chi connectivity index (χ3v) is 3.02. The van der Waals surface area contributed by atoms with Crippen LogP contribution in [0.1, 0.15) is 11.1 Å². The van der Waals surface area contributed by atoms with Crippen LogP contribution in [0.4, 0.5) is 4.39 Å². The van der Waals surface area contributed by atoms with Crippen molar-refractivity contribution in [2.24, 2.45) is 0 Å². The Bertz CT molecular complexity index is 317. The highest BCUT2D eigenvalue weighted by Crippen LogP contribution is 2.25. The summed E-state index contributed by atoms with van der Waals surface area (Å²) in [5.74, 6) is -0.169. The number of hydrogen-bond donors (Lipinski definition) is 1. The fraction of sp³-hybridized carbons (Fsp3) is 0.333. The second-order valence-electron chi connectivity index (χ2n) is 2.93. The summed E-state index contributed by atoms with van der Waals surface area (Å²) < 4.78 is 13.6. The Kier molecular flexibility index (Phi) is 3.71. The van der Waals surface area contributed by atoms with Gasteiger partial charge in [-0.2, -0.15) is 0 Å². The molecule has 72 valence electrons. The van der Waals surface area contributed by atoms with Crippen molar-refractivity contribution >= 4 is 28.3 Å². The molecule has 1 heterocycles. The lowest BCUT2D eigenvalue weighted by Gasteiger charge is -2.18. The number of rotatable bonds is 0. The lowest BCUT2D eigenvalue weighted by atomic mass is 10.0. The van der Waals surface area contributed by atoms with Crippen LogP contribution in [0.2, 0.25) is 0 Å². The number of fused-ring (bicyclic) bond motifs is 1. The molecule has 0 bridgehead atoms. The molecule has 2 rings (SSSR count).